The number of ether oxygens (including phenoxy) is 2. The van der Waals surface area contributed by atoms with Gasteiger partial charge in [0.05, 0.1) is 26.2 Å². The molecule has 0 radical (unpaired) electrons. The molecule has 0 spiro atoms. The summed E-state index contributed by atoms with van der Waals surface area (Å²) in [5, 5.41) is 10.1. The Hall–Kier alpha value is -2.18. The maximum atomic E-state index is 9.51. The van der Waals surface area contributed by atoms with E-state index in [2.05, 4.69) is 6.07 Å². The van der Waals surface area contributed by atoms with Crippen LogP contribution in [0.2, 0.25) is 5.02 Å². The van der Waals surface area contributed by atoms with Crippen LogP contribution in [0.15, 0.2) is 42.5 Å². The van der Waals surface area contributed by atoms with E-state index in [-0.39, 0.29) is 5.92 Å². The highest BCUT2D eigenvalue weighted by Crippen LogP contribution is 2.32. The van der Waals surface area contributed by atoms with Crippen molar-refractivity contribution in [1.29, 1.82) is 5.26 Å². The Labute approximate surface area is 129 Å². The molecule has 2 aromatic rings. The smallest absolute Gasteiger partial charge is 0.123 e. The van der Waals surface area contributed by atoms with Crippen molar-refractivity contribution in [3.63, 3.8) is 0 Å². The lowest BCUT2D eigenvalue weighted by atomic mass is 9.92. The first-order valence-electron chi connectivity index (χ1n) is 6.54. The molecule has 0 aliphatic carbocycles. The van der Waals surface area contributed by atoms with Gasteiger partial charge in [0.25, 0.3) is 0 Å². The highest BCUT2D eigenvalue weighted by Gasteiger charge is 2.18. The van der Waals surface area contributed by atoms with Gasteiger partial charge >= 0.3 is 0 Å². The number of nitriles is 1. The number of halogens is 1. The van der Waals surface area contributed by atoms with Crippen molar-refractivity contribution in [2.75, 3.05) is 14.2 Å². The predicted octanol–water partition coefficient (Wildman–Crippen LogP) is 4.21. The maximum Gasteiger partial charge on any atom is 0.123 e. The lowest BCUT2D eigenvalue weighted by Gasteiger charge is -2.15. The zero-order chi connectivity index (χ0) is 15.2. The van der Waals surface area contributed by atoms with E-state index >= 15 is 0 Å². The highest BCUT2D eigenvalue weighted by molar-refractivity contribution is 6.30. The summed E-state index contributed by atoms with van der Waals surface area (Å²) in [5.74, 6) is 1.12. The van der Waals surface area contributed by atoms with Crippen molar-refractivity contribution in [2.45, 2.75) is 12.3 Å². The van der Waals surface area contributed by atoms with E-state index in [0.717, 1.165) is 16.9 Å². The third-order valence-electron chi connectivity index (χ3n) is 3.34. The van der Waals surface area contributed by atoms with Crippen LogP contribution < -0.4 is 9.47 Å². The Morgan fingerprint density at radius 3 is 2.48 bits per heavy atom. The summed E-state index contributed by atoms with van der Waals surface area (Å²) in [6, 6.07) is 15.3. The lowest BCUT2D eigenvalue weighted by Crippen LogP contribution is -2.04. The van der Waals surface area contributed by atoms with Crippen LogP contribution in [0.5, 0.6) is 11.5 Å². The van der Waals surface area contributed by atoms with Gasteiger partial charge in [0.2, 0.25) is 0 Å². The standard InChI is InChI=1S/C17H16ClNO2/c1-20-16-8-7-14(18)10-12(16)9-13(11-19)15-5-3-4-6-17(15)21-2/h3-8,10,13H,9H2,1-2H3. The molecule has 0 aromatic heterocycles. The molecule has 0 fully saturated rings. The molecule has 2 rings (SSSR count). The highest BCUT2D eigenvalue weighted by atomic mass is 35.5. The first-order chi connectivity index (χ1) is 10.2. The first-order valence-corrected chi connectivity index (χ1v) is 6.92. The predicted molar refractivity (Wildman–Crippen MR) is 83.1 cm³/mol. The molecular formula is C17H16ClNO2. The molecule has 0 saturated carbocycles. The van der Waals surface area contributed by atoms with Gasteiger partial charge in [0.15, 0.2) is 0 Å². The molecule has 3 nitrogen and oxygen atoms in total. The molecule has 0 N–H and O–H groups in total. The minimum absolute atomic E-state index is 0.325. The molecule has 108 valence electrons. The summed E-state index contributed by atoms with van der Waals surface area (Å²) in [5.41, 5.74) is 1.77. The van der Waals surface area contributed by atoms with Gasteiger partial charge in [-0.15, -0.1) is 0 Å². The van der Waals surface area contributed by atoms with Crippen molar-refractivity contribution in [3.05, 3.63) is 58.6 Å². The number of hydrogen-bond donors (Lipinski definition) is 0. The van der Waals surface area contributed by atoms with Crippen LogP contribution in [-0.4, -0.2) is 14.2 Å². The van der Waals surface area contributed by atoms with Gasteiger partial charge in [-0.3, -0.25) is 0 Å². The van der Waals surface area contributed by atoms with Crippen molar-refractivity contribution in [1.82, 2.24) is 0 Å². The van der Waals surface area contributed by atoms with Crippen LogP contribution in [-0.2, 0) is 6.42 Å². The summed E-state index contributed by atoms with van der Waals surface area (Å²) in [6.07, 6.45) is 0.514. The summed E-state index contributed by atoms with van der Waals surface area (Å²) in [4.78, 5) is 0. The minimum Gasteiger partial charge on any atom is -0.496 e. The van der Waals surface area contributed by atoms with Crippen molar-refractivity contribution >= 4 is 11.6 Å². The fourth-order valence-corrected chi connectivity index (χ4v) is 2.50. The number of para-hydroxylation sites is 1. The molecule has 0 aliphatic heterocycles. The van der Waals surface area contributed by atoms with Crippen LogP contribution in [0.4, 0.5) is 0 Å². The van der Waals surface area contributed by atoms with E-state index in [1.54, 1.807) is 20.3 Å². The van der Waals surface area contributed by atoms with Gasteiger partial charge in [0.1, 0.15) is 11.5 Å². The average molecular weight is 302 g/mol. The van der Waals surface area contributed by atoms with Crippen LogP contribution in [0, 0.1) is 11.3 Å². The lowest BCUT2D eigenvalue weighted by molar-refractivity contribution is 0.404. The van der Waals surface area contributed by atoms with Gasteiger partial charge in [-0.25, -0.2) is 0 Å². The average Bonchev–Trinajstić information content (AvgIpc) is 2.52. The SMILES string of the molecule is COc1ccc(Cl)cc1CC(C#N)c1ccccc1OC. The van der Waals surface area contributed by atoms with Gasteiger partial charge in [-0.2, -0.15) is 5.26 Å². The van der Waals surface area contributed by atoms with Gasteiger partial charge in [0, 0.05) is 10.6 Å². The number of hydrogen-bond acceptors (Lipinski definition) is 3. The van der Waals surface area contributed by atoms with E-state index in [1.165, 1.54) is 0 Å². The second kappa shape index (κ2) is 7.01. The van der Waals surface area contributed by atoms with E-state index in [4.69, 9.17) is 21.1 Å². The van der Waals surface area contributed by atoms with Crippen LogP contribution >= 0.6 is 11.6 Å². The van der Waals surface area contributed by atoms with Crippen molar-refractivity contribution < 1.29 is 9.47 Å². The Balaban J connectivity index is 2.36. The van der Waals surface area contributed by atoms with E-state index in [0.29, 0.717) is 17.2 Å². The van der Waals surface area contributed by atoms with E-state index < -0.39 is 0 Å². The quantitative estimate of drug-likeness (QED) is 0.831. The molecule has 4 heteroatoms. The minimum atomic E-state index is -0.325. The summed E-state index contributed by atoms with van der Waals surface area (Å²) < 4.78 is 10.7. The molecule has 0 saturated heterocycles. The monoisotopic (exact) mass is 301 g/mol. The Morgan fingerprint density at radius 1 is 1.10 bits per heavy atom. The zero-order valence-electron chi connectivity index (χ0n) is 12.0. The van der Waals surface area contributed by atoms with Crippen LogP contribution in [0.25, 0.3) is 0 Å². The van der Waals surface area contributed by atoms with Gasteiger partial charge < -0.3 is 9.47 Å². The molecule has 0 amide bonds. The number of nitrogens with zero attached hydrogens (tertiary/aromatic N) is 1. The summed E-state index contributed by atoms with van der Waals surface area (Å²) in [7, 11) is 3.21. The van der Waals surface area contributed by atoms with Crippen LogP contribution in [0.1, 0.15) is 17.0 Å². The Morgan fingerprint density at radius 2 is 1.81 bits per heavy atom. The third-order valence-corrected chi connectivity index (χ3v) is 3.57. The van der Waals surface area contributed by atoms with Crippen molar-refractivity contribution in [2.24, 2.45) is 0 Å². The van der Waals surface area contributed by atoms with E-state index in [9.17, 15) is 5.26 Å². The third kappa shape index (κ3) is 3.48. The zero-order valence-corrected chi connectivity index (χ0v) is 12.7. The van der Waals surface area contributed by atoms with Gasteiger partial charge in [-0.05, 0) is 36.2 Å². The maximum absolute atomic E-state index is 9.51. The molecule has 1 unspecified atom stereocenters. The fraction of sp³-hybridized carbons (Fsp3) is 0.235. The molecule has 0 aliphatic rings. The molecule has 2 aromatic carbocycles. The fourth-order valence-electron chi connectivity index (χ4n) is 2.31. The molecular weight excluding hydrogens is 286 g/mol. The summed E-state index contributed by atoms with van der Waals surface area (Å²) in [6.45, 7) is 0. The molecule has 0 bridgehead atoms. The first kappa shape index (κ1) is 15.2. The van der Waals surface area contributed by atoms with Gasteiger partial charge in [-0.1, -0.05) is 29.8 Å². The Bertz CT molecular complexity index is 664. The molecule has 21 heavy (non-hydrogen) atoms. The molecule has 0 heterocycles. The van der Waals surface area contributed by atoms with E-state index in [1.807, 2.05) is 36.4 Å². The number of benzene rings is 2. The number of rotatable bonds is 5. The second-order valence-corrected chi connectivity index (χ2v) is 5.02. The normalized spacial score (nSPS) is 11.5. The summed E-state index contributed by atoms with van der Waals surface area (Å²) >= 11 is 6.04. The number of methoxy groups -OCH3 is 2. The van der Waals surface area contributed by atoms with Crippen LogP contribution in [0.3, 0.4) is 0 Å². The topological polar surface area (TPSA) is 42.2 Å². The second-order valence-electron chi connectivity index (χ2n) is 4.58. The molecule has 1 atom stereocenters. The Kier molecular flexibility index (Phi) is 5.08. The largest absolute Gasteiger partial charge is 0.496 e. The van der Waals surface area contributed by atoms with Crippen molar-refractivity contribution in [3.8, 4) is 17.6 Å².